The highest BCUT2D eigenvalue weighted by molar-refractivity contribution is 5.93. The molecule has 8 nitrogen and oxygen atoms in total. The average Bonchev–Trinajstić information content (AvgIpc) is 3.13. The fourth-order valence-electron chi connectivity index (χ4n) is 3.29. The van der Waals surface area contributed by atoms with Crippen LogP contribution < -0.4 is 5.32 Å². The molecule has 8 heteroatoms. The molecule has 4 aromatic rings. The highest BCUT2D eigenvalue weighted by atomic mass is 16.2. The van der Waals surface area contributed by atoms with Gasteiger partial charge >= 0.3 is 0 Å². The summed E-state index contributed by atoms with van der Waals surface area (Å²) >= 11 is 0. The Morgan fingerprint density at radius 1 is 1.10 bits per heavy atom. The predicted octanol–water partition coefficient (Wildman–Crippen LogP) is 3.00. The molecule has 0 aromatic carbocycles. The number of nitrogens with zero attached hydrogens (tertiary/aromatic N) is 6. The number of pyridine rings is 1. The molecular weight excluding hydrogens is 366 g/mol. The van der Waals surface area contributed by atoms with Crippen molar-refractivity contribution in [1.82, 2.24) is 34.9 Å². The molecule has 0 radical (unpaired) electrons. The fraction of sp³-hybridized carbons (Fsp3) is 0.238. The first-order valence-electron chi connectivity index (χ1n) is 9.31. The van der Waals surface area contributed by atoms with Crippen LogP contribution in [0.15, 0.2) is 42.9 Å². The van der Waals surface area contributed by atoms with Crippen LogP contribution in [0.1, 0.15) is 46.1 Å². The molecule has 146 valence electrons. The number of fused-ring (bicyclic) bond motifs is 1. The van der Waals surface area contributed by atoms with E-state index in [9.17, 15) is 4.79 Å². The molecule has 1 amide bonds. The first-order chi connectivity index (χ1) is 13.9. The lowest BCUT2D eigenvalue weighted by atomic mass is 10.1. The summed E-state index contributed by atoms with van der Waals surface area (Å²) in [6, 6.07) is 7.07. The van der Waals surface area contributed by atoms with Gasteiger partial charge in [0.1, 0.15) is 0 Å². The number of carbonyl (C=O) groups is 1. The molecule has 1 N–H and O–H groups in total. The molecule has 0 aliphatic carbocycles. The molecule has 4 heterocycles. The van der Waals surface area contributed by atoms with E-state index < -0.39 is 0 Å². The molecule has 0 spiro atoms. The Morgan fingerprint density at radius 2 is 1.86 bits per heavy atom. The molecule has 0 saturated heterocycles. The minimum atomic E-state index is -0.269. The van der Waals surface area contributed by atoms with Crippen LogP contribution in [0.3, 0.4) is 0 Å². The lowest BCUT2D eigenvalue weighted by Crippen LogP contribution is -2.28. The number of rotatable bonds is 4. The van der Waals surface area contributed by atoms with E-state index in [-0.39, 0.29) is 11.9 Å². The van der Waals surface area contributed by atoms with Crippen molar-refractivity contribution in [3.05, 3.63) is 71.2 Å². The van der Waals surface area contributed by atoms with E-state index in [4.69, 9.17) is 0 Å². The highest BCUT2D eigenvalue weighted by Crippen LogP contribution is 2.20. The van der Waals surface area contributed by atoms with Crippen LogP contribution in [0, 0.1) is 20.8 Å². The number of nitrogens with one attached hydrogen (secondary N) is 1. The second-order valence-electron chi connectivity index (χ2n) is 7.00. The third-order valence-electron chi connectivity index (χ3n) is 4.74. The van der Waals surface area contributed by atoms with Gasteiger partial charge in [-0.15, -0.1) is 0 Å². The van der Waals surface area contributed by atoms with E-state index in [0.717, 1.165) is 28.2 Å². The van der Waals surface area contributed by atoms with Crippen molar-refractivity contribution in [2.75, 3.05) is 0 Å². The van der Waals surface area contributed by atoms with Crippen LogP contribution in [-0.2, 0) is 0 Å². The number of amides is 1. The van der Waals surface area contributed by atoms with Crippen LogP contribution in [-0.4, -0.2) is 35.5 Å². The lowest BCUT2D eigenvalue weighted by Gasteiger charge is -2.15. The van der Waals surface area contributed by atoms with Crippen LogP contribution in [0.5, 0.6) is 0 Å². The molecule has 29 heavy (non-hydrogen) atoms. The maximum atomic E-state index is 12.7. The lowest BCUT2D eigenvalue weighted by molar-refractivity contribution is 0.0934. The van der Waals surface area contributed by atoms with E-state index in [0.29, 0.717) is 17.2 Å². The van der Waals surface area contributed by atoms with E-state index >= 15 is 0 Å². The smallest absolute Gasteiger partial charge is 0.272 e. The second-order valence-corrected chi connectivity index (χ2v) is 7.00. The minimum absolute atomic E-state index is 0.266. The molecular formula is C21H21N7O. The van der Waals surface area contributed by atoms with Gasteiger partial charge in [-0.05, 0) is 45.9 Å². The SMILES string of the molecule is Cc1cc(C)n2nc(C(=O)N[C@@H](C)c3cnc(-c4ccncc4)nc3C)cc2n1. The molecule has 0 aliphatic heterocycles. The van der Waals surface area contributed by atoms with Crippen LogP contribution >= 0.6 is 0 Å². The van der Waals surface area contributed by atoms with Crippen molar-refractivity contribution in [2.45, 2.75) is 33.7 Å². The normalized spacial score (nSPS) is 12.1. The second kappa shape index (κ2) is 7.38. The molecule has 0 unspecified atom stereocenters. The third-order valence-corrected chi connectivity index (χ3v) is 4.74. The Morgan fingerprint density at radius 3 is 2.59 bits per heavy atom. The monoisotopic (exact) mass is 387 g/mol. The number of aromatic nitrogens is 6. The zero-order valence-electron chi connectivity index (χ0n) is 16.7. The van der Waals surface area contributed by atoms with Crippen molar-refractivity contribution < 1.29 is 4.79 Å². The highest BCUT2D eigenvalue weighted by Gasteiger charge is 2.18. The Kier molecular flexibility index (Phi) is 4.75. The van der Waals surface area contributed by atoms with Crippen molar-refractivity contribution in [3.63, 3.8) is 0 Å². The summed E-state index contributed by atoms with van der Waals surface area (Å²) < 4.78 is 1.67. The molecule has 0 aliphatic rings. The number of aryl methyl sites for hydroxylation is 3. The van der Waals surface area contributed by atoms with E-state index in [1.165, 1.54) is 0 Å². The first-order valence-corrected chi connectivity index (χ1v) is 9.31. The zero-order chi connectivity index (χ0) is 20.5. The van der Waals surface area contributed by atoms with Crippen LogP contribution in [0.2, 0.25) is 0 Å². The van der Waals surface area contributed by atoms with Gasteiger partial charge in [0.2, 0.25) is 0 Å². The molecule has 0 saturated carbocycles. The van der Waals surface area contributed by atoms with Crippen LogP contribution in [0.25, 0.3) is 17.0 Å². The van der Waals surface area contributed by atoms with Gasteiger partial charge < -0.3 is 5.32 Å². The quantitative estimate of drug-likeness (QED) is 0.578. The molecule has 4 rings (SSSR count). The summed E-state index contributed by atoms with van der Waals surface area (Å²) in [5.41, 5.74) is 5.35. The number of hydrogen-bond donors (Lipinski definition) is 1. The zero-order valence-corrected chi connectivity index (χ0v) is 16.7. The average molecular weight is 387 g/mol. The summed E-state index contributed by atoms with van der Waals surface area (Å²) in [5, 5.41) is 7.36. The summed E-state index contributed by atoms with van der Waals surface area (Å²) in [7, 11) is 0. The molecule has 4 aromatic heterocycles. The molecule has 0 fully saturated rings. The molecule has 1 atom stereocenters. The van der Waals surface area contributed by atoms with Gasteiger partial charge in [0.25, 0.3) is 5.91 Å². The third kappa shape index (κ3) is 3.69. The maximum Gasteiger partial charge on any atom is 0.272 e. The van der Waals surface area contributed by atoms with Crippen molar-refractivity contribution in [1.29, 1.82) is 0 Å². The first kappa shape index (κ1) is 18.7. The van der Waals surface area contributed by atoms with E-state index in [1.807, 2.05) is 45.9 Å². The summed E-state index contributed by atoms with van der Waals surface area (Å²) in [6.07, 6.45) is 5.16. The fourth-order valence-corrected chi connectivity index (χ4v) is 3.29. The topological polar surface area (TPSA) is 98.0 Å². The summed E-state index contributed by atoms with van der Waals surface area (Å²) in [5.74, 6) is 0.363. The largest absolute Gasteiger partial charge is 0.344 e. The summed E-state index contributed by atoms with van der Waals surface area (Å²) in [4.78, 5) is 30.2. The van der Waals surface area contributed by atoms with Crippen LogP contribution in [0.4, 0.5) is 0 Å². The van der Waals surface area contributed by atoms with Gasteiger partial charge in [-0.3, -0.25) is 9.78 Å². The van der Waals surface area contributed by atoms with Gasteiger partial charge in [-0.1, -0.05) is 0 Å². The Labute approximate surface area is 168 Å². The molecule has 0 bridgehead atoms. The van der Waals surface area contributed by atoms with Gasteiger partial charge in [0.05, 0.1) is 6.04 Å². The van der Waals surface area contributed by atoms with E-state index in [2.05, 4.69) is 30.4 Å². The summed E-state index contributed by atoms with van der Waals surface area (Å²) in [6.45, 7) is 7.66. The van der Waals surface area contributed by atoms with Crippen molar-refractivity contribution in [2.24, 2.45) is 0 Å². The van der Waals surface area contributed by atoms with E-state index in [1.54, 1.807) is 29.2 Å². The Bertz CT molecular complexity index is 1200. The van der Waals surface area contributed by atoms with Crippen molar-refractivity contribution in [3.8, 4) is 11.4 Å². The minimum Gasteiger partial charge on any atom is -0.344 e. The van der Waals surface area contributed by atoms with Crippen molar-refractivity contribution >= 4 is 11.6 Å². The van der Waals surface area contributed by atoms with Gasteiger partial charge in [-0.25, -0.2) is 19.5 Å². The van der Waals surface area contributed by atoms with Gasteiger partial charge in [0, 0.05) is 52.9 Å². The standard InChI is InChI=1S/C21H21N7O/c1-12-9-13(2)28-19(24-12)10-18(27-28)21(29)26-15(4)17-11-23-20(25-14(17)3)16-5-7-22-8-6-16/h5-11,15H,1-4H3,(H,26,29)/t15-/m0/s1. The van der Waals surface area contributed by atoms with Gasteiger partial charge in [0.15, 0.2) is 17.2 Å². The Hall–Kier alpha value is -3.68. The number of carbonyl (C=O) groups excluding carboxylic acids is 1. The van der Waals surface area contributed by atoms with Gasteiger partial charge in [-0.2, -0.15) is 5.10 Å². The predicted molar refractivity (Wildman–Crippen MR) is 108 cm³/mol. The maximum absolute atomic E-state index is 12.7. The number of hydrogen-bond acceptors (Lipinski definition) is 6. The Balaban J connectivity index is 1.55.